The van der Waals surface area contributed by atoms with Crippen LogP contribution < -0.4 is 14.8 Å². The van der Waals surface area contributed by atoms with E-state index < -0.39 is 0 Å². The Morgan fingerprint density at radius 1 is 0.700 bits per heavy atom. The van der Waals surface area contributed by atoms with E-state index in [1.54, 1.807) is 18.6 Å². The van der Waals surface area contributed by atoms with Crippen LogP contribution in [0, 0.1) is 0 Å². The third kappa shape index (κ3) is 3.77. The van der Waals surface area contributed by atoms with Gasteiger partial charge in [0.2, 0.25) is 0 Å². The molecule has 0 atom stereocenters. The van der Waals surface area contributed by atoms with Crippen molar-refractivity contribution in [1.82, 2.24) is 20.2 Å². The van der Waals surface area contributed by atoms with Gasteiger partial charge < -0.3 is 14.8 Å². The number of aromatic amines is 1. The minimum Gasteiger partial charge on any atom is -0.457 e. The lowest BCUT2D eigenvalue weighted by molar-refractivity contribution is 0.471. The van der Waals surface area contributed by atoms with E-state index in [4.69, 9.17) is 9.47 Å². The number of hydrogen-bond donors (Lipinski definition) is 2. The Morgan fingerprint density at radius 3 is 2.17 bits per heavy atom. The van der Waals surface area contributed by atoms with Crippen molar-refractivity contribution in [3.63, 3.8) is 0 Å². The van der Waals surface area contributed by atoms with Crippen molar-refractivity contribution in [1.29, 1.82) is 0 Å². The largest absolute Gasteiger partial charge is 0.457 e. The Hall–Kier alpha value is -4.39. The summed E-state index contributed by atoms with van der Waals surface area (Å²) in [7, 11) is 0. The highest BCUT2D eigenvalue weighted by atomic mass is 16.5. The lowest BCUT2D eigenvalue weighted by atomic mass is 10.2. The van der Waals surface area contributed by atoms with Crippen molar-refractivity contribution >= 4 is 22.5 Å². The molecule has 2 aromatic carbocycles. The van der Waals surface area contributed by atoms with Crippen LogP contribution in [-0.2, 0) is 0 Å². The lowest BCUT2D eigenvalue weighted by Gasteiger charge is -2.10. The zero-order valence-electron chi connectivity index (χ0n) is 15.8. The van der Waals surface area contributed by atoms with E-state index in [0.717, 1.165) is 22.6 Å². The molecule has 5 aromatic rings. The molecule has 2 N–H and O–H groups in total. The summed E-state index contributed by atoms with van der Waals surface area (Å²) in [6, 6.07) is 22.6. The van der Waals surface area contributed by atoms with Gasteiger partial charge in [0.1, 0.15) is 28.4 Å². The molecule has 0 aliphatic rings. The number of pyridine rings is 2. The third-order valence-corrected chi connectivity index (χ3v) is 4.40. The topological polar surface area (TPSA) is 85.0 Å². The van der Waals surface area contributed by atoms with E-state index in [0.29, 0.717) is 23.0 Å². The van der Waals surface area contributed by atoms with Crippen molar-refractivity contribution in [3.05, 3.63) is 91.4 Å². The number of para-hydroxylation sites is 1. The summed E-state index contributed by atoms with van der Waals surface area (Å²) >= 11 is 0. The molecule has 3 heterocycles. The maximum absolute atomic E-state index is 6.13. The minimum absolute atomic E-state index is 0.628. The van der Waals surface area contributed by atoms with Crippen LogP contribution in [0.5, 0.6) is 23.0 Å². The Morgan fingerprint density at radius 2 is 1.40 bits per heavy atom. The van der Waals surface area contributed by atoms with Gasteiger partial charge in [0.05, 0.1) is 0 Å². The first-order chi connectivity index (χ1) is 14.8. The SMILES string of the molecule is c1ccc(Oc2ccc(Oc3ccnc4[nH]nc(Nc5ccncc5)c34)cc2)cc1. The molecule has 0 saturated heterocycles. The smallest absolute Gasteiger partial charge is 0.165 e. The number of rotatable bonds is 6. The summed E-state index contributed by atoms with van der Waals surface area (Å²) in [4.78, 5) is 8.36. The fraction of sp³-hybridized carbons (Fsp3) is 0. The second-order valence-corrected chi connectivity index (χ2v) is 6.45. The van der Waals surface area contributed by atoms with Crippen LogP contribution in [0.2, 0.25) is 0 Å². The van der Waals surface area contributed by atoms with Crippen LogP contribution in [0.3, 0.4) is 0 Å². The van der Waals surface area contributed by atoms with Crippen LogP contribution in [0.1, 0.15) is 0 Å². The van der Waals surface area contributed by atoms with E-state index >= 15 is 0 Å². The molecule has 146 valence electrons. The summed E-state index contributed by atoms with van der Waals surface area (Å²) in [5, 5.41) is 11.3. The standard InChI is InChI=1S/C23H17N5O2/c1-2-4-17(5-3-1)29-18-6-8-19(9-7-18)30-20-12-15-25-22-21(20)23(28-27-22)26-16-10-13-24-14-11-16/h1-15H,(H2,24,25,26,27,28). The van der Waals surface area contributed by atoms with Gasteiger partial charge in [-0.15, -0.1) is 0 Å². The maximum atomic E-state index is 6.13. The van der Waals surface area contributed by atoms with E-state index in [9.17, 15) is 0 Å². The first kappa shape index (κ1) is 17.7. The molecule has 0 aliphatic carbocycles. The third-order valence-electron chi connectivity index (χ3n) is 4.40. The van der Waals surface area contributed by atoms with Crippen molar-refractivity contribution in [2.75, 3.05) is 5.32 Å². The second-order valence-electron chi connectivity index (χ2n) is 6.45. The van der Waals surface area contributed by atoms with Gasteiger partial charge in [-0.1, -0.05) is 18.2 Å². The Bertz CT molecular complexity index is 1260. The molecule has 0 spiro atoms. The Kier molecular flexibility index (Phi) is 4.67. The molecule has 30 heavy (non-hydrogen) atoms. The zero-order valence-corrected chi connectivity index (χ0v) is 15.8. The fourth-order valence-electron chi connectivity index (χ4n) is 3.00. The number of nitrogens with zero attached hydrogens (tertiary/aromatic N) is 3. The molecule has 0 unspecified atom stereocenters. The van der Waals surface area contributed by atoms with Crippen molar-refractivity contribution in [2.45, 2.75) is 0 Å². The minimum atomic E-state index is 0.628. The van der Waals surface area contributed by atoms with Crippen LogP contribution >= 0.6 is 0 Å². The summed E-state index contributed by atoms with van der Waals surface area (Å²) < 4.78 is 12.0. The molecule has 0 fully saturated rings. The molecule has 3 aromatic heterocycles. The number of benzene rings is 2. The molecular formula is C23H17N5O2. The Balaban J connectivity index is 1.39. The molecule has 7 nitrogen and oxygen atoms in total. The highest BCUT2D eigenvalue weighted by Gasteiger charge is 2.14. The lowest BCUT2D eigenvalue weighted by Crippen LogP contribution is -1.93. The van der Waals surface area contributed by atoms with Crippen LogP contribution in [0.25, 0.3) is 11.0 Å². The monoisotopic (exact) mass is 395 g/mol. The van der Waals surface area contributed by atoms with Crippen molar-refractivity contribution in [3.8, 4) is 23.0 Å². The molecular weight excluding hydrogens is 378 g/mol. The van der Waals surface area contributed by atoms with E-state index in [-0.39, 0.29) is 0 Å². The highest BCUT2D eigenvalue weighted by molar-refractivity contribution is 5.94. The molecule has 0 saturated carbocycles. The predicted molar refractivity (Wildman–Crippen MR) is 114 cm³/mol. The van der Waals surface area contributed by atoms with Gasteiger partial charge in [-0.05, 0) is 48.5 Å². The van der Waals surface area contributed by atoms with E-state index in [2.05, 4.69) is 25.5 Å². The van der Waals surface area contributed by atoms with Gasteiger partial charge in [-0.2, -0.15) is 5.10 Å². The normalized spacial score (nSPS) is 10.7. The van der Waals surface area contributed by atoms with Gasteiger partial charge in [0, 0.05) is 30.3 Å². The molecule has 0 aliphatic heterocycles. The predicted octanol–water partition coefficient (Wildman–Crippen LogP) is 5.68. The van der Waals surface area contributed by atoms with Crippen molar-refractivity contribution < 1.29 is 9.47 Å². The number of ether oxygens (including phenoxy) is 2. The zero-order chi connectivity index (χ0) is 20.2. The fourth-order valence-corrected chi connectivity index (χ4v) is 3.00. The van der Waals surface area contributed by atoms with Gasteiger partial charge in [0.15, 0.2) is 11.5 Å². The maximum Gasteiger partial charge on any atom is 0.165 e. The van der Waals surface area contributed by atoms with Crippen LogP contribution in [0.15, 0.2) is 91.4 Å². The number of hydrogen-bond acceptors (Lipinski definition) is 6. The average Bonchev–Trinajstić information content (AvgIpc) is 3.20. The molecule has 5 rings (SSSR count). The molecule has 0 radical (unpaired) electrons. The summed E-state index contributed by atoms with van der Waals surface area (Å²) in [6.45, 7) is 0. The first-order valence-corrected chi connectivity index (χ1v) is 9.36. The number of aromatic nitrogens is 4. The second kappa shape index (κ2) is 7.92. The number of H-pyrrole nitrogens is 1. The van der Waals surface area contributed by atoms with Crippen LogP contribution in [0.4, 0.5) is 11.5 Å². The molecule has 7 heteroatoms. The van der Waals surface area contributed by atoms with Gasteiger partial charge in [-0.3, -0.25) is 10.1 Å². The number of anilines is 2. The van der Waals surface area contributed by atoms with E-state index in [1.807, 2.05) is 72.8 Å². The summed E-state index contributed by atoms with van der Waals surface area (Å²) in [6.07, 6.45) is 5.11. The number of fused-ring (bicyclic) bond motifs is 1. The Labute approximate surface area is 172 Å². The van der Waals surface area contributed by atoms with Crippen molar-refractivity contribution in [2.24, 2.45) is 0 Å². The van der Waals surface area contributed by atoms with Crippen LogP contribution in [-0.4, -0.2) is 20.2 Å². The number of nitrogens with one attached hydrogen (secondary N) is 2. The molecule has 0 amide bonds. The molecule has 0 bridgehead atoms. The van der Waals surface area contributed by atoms with Gasteiger partial charge in [0.25, 0.3) is 0 Å². The highest BCUT2D eigenvalue weighted by Crippen LogP contribution is 2.34. The van der Waals surface area contributed by atoms with Gasteiger partial charge in [-0.25, -0.2) is 4.98 Å². The first-order valence-electron chi connectivity index (χ1n) is 9.36. The summed E-state index contributed by atoms with van der Waals surface area (Å²) in [5.74, 6) is 3.47. The van der Waals surface area contributed by atoms with E-state index in [1.165, 1.54) is 0 Å². The average molecular weight is 395 g/mol. The summed E-state index contributed by atoms with van der Waals surface area (Å²) in [5.41, 5.74) is 1.50. The quantitative estimate of drug-likeness (QED) is 0.385. The van der Waals surface area contributed by atoms with Gasteiger partial charge >= 0.3 is 0 Å².